The molecule has 2 aromatic heterocycles. The Morgan fingerprint density at radius 3 is 2.69 bits per heavy atom. The lowest BCUT2D eigenvalue weighted by atomic mass is 10.1. The number of fused-ring (bicyclic) bond motifs is 1. The zero-order valence-corrected chi connectivity index (χ0v) is 17.3. The summed E-state index contributed by atoms with van der Waals surface area (Å²) >= 11 is 0. The number of hydrogen-bond donors (Lipinski definition) is 2. The highest BCUT2D eigenvalue weighted by molar-refractivity contribution is 6.05. The molecule has 0 radical (unpaired) electrons. The molecule has 0 unspecified atom stereocenters. The van der Waals surface area contributed by atoms with Crippen molar-refractivity contribution in [2.24, 2.45) is 5.92 Å². The van der Waals surface area contributed by atoms with E-state index in [1.807, 2.05) is 12.1 Å². The van der Waals surface area contributed by atoms with E-state index in [1.165, 1.54) is 37.8 Å². The van der Waals surface area contributed by atoms with Gasteiger partial charge in [0.25, 0.3) is 5.91 Å². The minimum atomic E-state index is -0.606. The van der Waals surface area contributed by atoms with Crippen LogP contribution in [0, 0.1) is 11.7 Å². The first kappa shape index (κ1) is 20.1. The van der Waals surface area contributed by atoms with Crippen LogP contribution < -0.4 is 10.1 Å². The number of carbonyl (C=O) groups excluding carboxylic acids is 1. The van der Waals surface area contributed by atoms with Crippen LogP contribution in [-0.2, 0) is 0 Å². The van der Waals surface area contributed by atoms with Gasteiger partial charge in [0, 0.05) is 11.3 Å². The molecule has 1 amide bonds. The molecule has 1 aliphatic rings. The first-order chi connectivity index (χ1) is 15.7. The third-order valence-corrected chi connectivity index (χ3v) is 5.76. The zero-order chi connectivity index (χ0) is 21.9. The number of H-pyrrole nitrogens is 1. The summed E-state index contributed by atoms with van der Waals surface area (Å²) in [6.45, 7) is 0.720. The lowest BCUT2D eigenvalue weighted by molar-refractivity contribution is 0.102. The van der Waals surface area contributed by atoms with Crippen LogP contribution in [0.2, 0.25) is 0 Å². The maximum atomic E-state index is 14.4. The summed E-state index contributed by atoms with van der Waals surface area (Å²) < 4.78 is 20.3. The first-order valence-electron chi connectivity index (χ1n) is 10.7. The number of halogens is 1. The van der Waals surface area contributed by atoms with Crippen LogP contribution >= 0.6 is 0 Å². The molecule has 4 aromatic rings. The van der Waals surface area contributed by atoms with Crippen LogP contribution in [-0.4, -0.2) is 32.9 Å². The van der Waals surface area contributed by atoms with E-state index < -0.39 is 11.7 Å². The number of hydrogen-bond acceptors (Lipinski definition) is 5. The molecular weight excluding hydrogens is 409 g/mol. The number of amides is 1. The molecular formula is C24H22FN5O2. The zero-order valence-electron chi connectivity index (χ0n) is 17.3. The van der Waals surface area contributed by atoms with Crippen LogP contribution in [0.5, 0.6) is 5.75 Å². The third-order valence-electron chi connectivity index (χ3n) is 5.76. The fourth-order valence-electron chi connectivity index (χ4n) is 3.98. The molecule has 8 heteroatoms. The van der Waals surface area contributed by atoms with Gasteiger partial charge in [-0.2, -0.15) is 10.3 Å². The summed E-state index contributed by atoms with van der Waals surface area (Å²) in [5, 5.41) is 13.2. The number of aromatic amines is 1. The largest absolute Gasteiger partial charge is 0.493 e. The van der Waals surface area contributed by atoms with Crippen molar-refractivity contribution in [2.75, 3.05) is 11.9 Å². The van der Waals surface area contributed by atoms with Crippen LogP contribution in [0.3, 0.4) is 0 Å². The SMILES string of the molecule is O=C(Nc1ccc(OCC2CCCC2)cc1)c1cc(-c2ccc3n[nH]nc3n2)ccc1F. The summed E-state index contributed by atoms with van der Waals surface area (Å²) in [6, 6.07) is 15.0. The summed E-state index contributed by atoms with van der Waals surface area (Å²) in [7, 11) is 0. The molecule has 2 heterocycles. The fraction of sp³-hybridized carbons (Fsp3) is 0.250. The van der Waals surface area contributed by atoms with Crippen LogP contribution in [0.25, 0.3) is 22.4 Å². The van der Waals surface area contributed by atoms with E-state index in [4.69, 9.17) is 4.74 Å². The summed E-state index contributed by atoms with van der Waals surface area (Å²) in [5.74, 6) is 0.248. The van der Waals surface area contributed by atoms with Crippen molar-refractivity contribution >= 4 is 22.8 Å². The highest BCUT2D eigenvalue weighted by Gasteiger charge is 2.16. The molecule has 0 saturated heterocycles. The molecule has 2 aromatic carbocycles. The molecule has 5 rings (SSSR count). The number of rotatable bonds is 6. The van der Waals surface area contributed by atoms with E-state index in [0.29, 0.717) is 34.0 Å². The minimum Gasteiger partial charge on any atom is -0.493 e. The number of benzene rings is 2. The van der Waals surface area contributed by atoms with Crippen LogP contribution in [0.1, 0.15) is 36.0 Å². The van der Waals surface area contributed by atoms with Crippen molar-refractivity contribution in [1.82, 2.24) is 20.4 Å². The van der Waals surface area contributed by atoms with Crippen LogP contribution in [0.15, 0.2) is 54.6 Å². The van der Waals surface area contributed by atoms with E-state index in [2.05, 4.69) is 25.7 Å². The Labute approximate surface area is 184 Å². The molecule has 0 aliphatic heterocycles. The quantitative estimate of drug-likeness (QED) is 0.449. The predicted molar refractivity (Wildman–Crippen MR) is 119 cm³/mol. The van der Waals surface area contributed by atoms with Gasteiger partial charge in [-0.05, 0) is 73.4 Å². The van der Waals surface area contributed by atoms with Crippen molar-refractivity contribution in [2.45, 2.75) is 25.7 Å². The standard InChI is InChI=1S/C24H22FN5O2/c25-20-10-5-16(21-11-12-22-23(27-21)29-30-28-22)13-19(20)24(31)26-17-6-8-18(9-7-17)32-14-15-3-1-2-4-15/h5-13,15H,1-4,14H2,(H,26,31)(H,27,28,29,30). The third kappa shape index (κ3) is 4.30. The lowest BCUT2D eigenvalue weighted by Gasteiger charge is -2.12. The molecule has 1 saturated carbocycles. The van der Waals surface area contributed by atoms with Crippen molar-refractivity contribution < 1.29 is 13.9 Å². The molecule has 32 heavy (non-hydrogen) atoms. The van der Waals surface area contributed by atoms with Crippen molar-refractivity contribution in [1.29, 1.82) is 0 Å². The highest BCUT2D eigenvalue weighted by Crippen LogP contribution is 2.26. The molecule has 2 N–H and O–H groups in total. The van der Waals surface area contributed by atoms with Gasteiger partial charge in [-0.25, -0.2) is 9.37 Å². The smallest absolute Gasteiger partial charge is 0.258 e. The topological polar surface area (TPSA) is 92.8 Å². The second kappa shape index (κ2) is 8.74. The molecule has 1 aliphatic carbocycles. The maximum absolute atomic E-state index is 14.4. The fourth-order valence-corrected chi connectivity index (χ4v) is 3.98. The van der Waals surface area contributed by atoms with Gasteiger partial charge in [0.1, 0.15) is 17.1 Å². The molecule has 162 valence electrons. The summed E-state index contributed by atoms with van der Waals surface area (Å²) in [5.41, 5.74) is 2.76. The molecule has 0 bridgehead atoms. The number of pyridine rings is 1. The van der Waals surface area contributed by atoms with Crippen molar-refractivity contribution in [3.05, 3.63) is 66.0 Å². The van der Waals surface area contributed by atoms with Crippen molar-refractivity contribution in [3.8, 4) is 17.0 Å². The van der Waals surface area contributed by atoms with Gasteiger partial charge in [0.05, 0.1) is 17.9 Å². The maximum Gasteiger partial charge on any atom is 0.258 e. The van der Waals surface area contributed by atoms with Gasteiger partial charge in [0.2, 0.25) is 5.65 Å². The van der Waals surface area contributed by atoms with Gasteiger partial charge in [0.15, 0.2) is 0 Å². The van der Waals surface area contributed by atoms with Crippen LogP contribution in [0.4, 0.5) is 10.1 Å². The number of aromatic nitrogens is 4. The molecule has 0 spiro atoms. The second-order valence-corrected chi connectivity index (χ2v) is 8.00. The molecule has 0 atom stereocenters. The Balaban J connectivity index is 1.29. The number of anilines is 1. The summed E-state index contributed by atoms with van der Waals surface area (Å²) in [6.07, 6.45) is 5.00. The van der Waals surface area contributed by atoms with Gasteiger partial charge >= 0.3 is 0 Å². The van der Waals surface area contributed by atoms with E-state index >= 15 is 0 Å². The molecule has 7 nitrogen and oxygen atoms in total. The lowest BCUT2D eigenvalue weighted by Crippen LogP contribution is -2.14. The number of nitrogens with zero attached hydrogens (tertiary/aromatic N) is 3. The van der Waals surface area contributed by atoms with E-state index in [0.717, 1.165) is 12.4 Å². The number of nitrogens with one attached hydrogen (secondary N) is 2. The first-order valence-corrected chi connectivity index (χ1v) is 10.7. The van der Waals surface area contributed by atoms with E-state index in [9.17, 15) is 9.18 Å². The average molecular weight is 431 g/mol. The number of ether oxygens (including phenoxy) is 1. The van der Waals surface area contributed by atoms with Gasteiger partial charge < -0.3 is 10.1 Å². The Bertz CT molecular complexity index is 1250. The Hall–Kier alpha value is -3.81. The van der Waals surface area contributed by atoms with E-state index in [-0.39, 0.29) is 5.56 Å². The Morgan fingerprint density at radius 1 is 1.06 bits per heavy atom. The normalized spacial score (nSPS) is 14.0. The number of carbonyl (C=O) groups is 1. The monoisotopic (exact) mass is 431 g/mol. The van der Waals surface area contributed by atoms with Crippen molar-refractivity contribution in [3.63, 3.8) is 0 Å². The second-order valence-electron chi connectivity index (χ2n) is 8.00. The van der Waals surface area contributed by atoms with Gasteiger partial charge in [-0.3, -0.25) is 4.79 Å². The highest BCUT2D eigenvalue weighted by atomic mass is 19.1. The predicted octanol–water partition coefficient (Wildman–Crippen LogP) is 4.98. The van der Waals surface area contributed by atoms with Gasteiger partial charge in [-0.1, -0.05) is 12.8 Å². The molecule has 1 fully saturated rings. The average Bonchev–Trinajstić information content (AvgIpc) is 3.50. The Kier molecular flexibility index (Phi) is 5.49. The summed E-state index contributed by atoms with van der Waals surface area (Å²) in [4.78, 5) is 17.1. The van der Waals surface area contributed by atoms with E-state index in [1.54, 1.807) is 30.3 Å². The minimum absolute atomic E-state index is 0.0638. The Morgan fingerprint density at radius 2 is 1.88 bits per heavy atom. The van der Waals surface area contributed by atoms with Gasteiger partial charge in [-0.15, -0.1) is 5.10 Å².